The zero-order valence-corrected chi connectivity index (χ0v) is 12.6. The molecule has 106 valence electrons. The molecule has 0 saturated heterocycles. The third kappa shape index (κ3) is 4.61. The predicted octanol–water partition coefficient (Wildman–Crippen LogP) is 3.12. The maximum Gasteiger partial charge on any atom is 0.233 e. The highest BCUT2D eigenvalue weighted by Crippen LogP contribution is 2.24. The zero-order valence-electron chi connectivity index (χ0n) is 11.0. The zero-order chi connectivity index (χ0) is 14.4. The average molecular weight is 310 g/mol. The summed E-state index contributed by atoms with van der Waals surface area (Å²) >= 11 is 2.98. The largest absolute Gasteiger partial charge is 0.355 e. The number of amides is 1. The predicted molar refractivity (Wildman–Crippen MR) is 80.5 cm³/mol. The van der Waals surface area contributed by atoms with Crippen LogP contribution in [0.15, 0.2) is 40.2 Å². The standard InChI is InChI=1S/C14H15FN2OS2/c1-10(20-14-17-8-9-19-14)13(18)16-7-6-11-2-4-12(15)5-3-11/h2-5,8-10H,6-7H2,1H3,(H,16,18). The summed E-state index contributed by atoms with van der Waals surface area (Å²) in [6.07, 6.45) is 2.42. The lowest BCUT2D eigenvalue weighted by Gasteiger charge is -2.10. The van der Waals surface area contributed by atoms with Gasteiger partial charge in [-0.2, -0.15) is 0 Å². The molecule has 1 N–H and O–H groups in total. The van der Waals surface area contributed by atoms with E-state index in [0.717, 1.165) is 9.90 Å². The topological polar surface area (TPSA) is 42.0 Å². The van der Waals surface area contributed by atoms with E-state index < -0.39 is 0 Å². The van der Waals surface area contributed by atoms with Gasteiger partial charge in [0.05, 0.1) is 5.25 Å². The Hall–Kier alpha value is -1.40. The normalized spacial score (nSPS) is 12.1. The van der Waals surface area contributed by atoms with E-state index in [9.17, 15) is 9.18 Å². The van der Waals surface area contributed by atoms with Crippen LogP contribution in [0.4, 0.5) is 4.39 Å². The quantitative estimate of drug-likeness (QED) is 0.834. The van der Waals surface area contributed by atoms with Crippen LogP contribution >= 0.6 is 23.1 Å². The molecular formula is C14H15FN2OS2. The van der Waals surface area contributed by atoms with Gasteiger partial charge < -0.3 is 5.32 Å². The Labute approximate surface area is 125 Å². The first-order valence-electron chi connectivity index (χ1n) is 6.23. The van der Waals surface area contributed by atoms with Crippen molar-refractivity contribution in [1.29, 1.82) is 0 Å². The summed E-state index contributed by atoms with van der Waals surface area (Å²) < 4.78 is 13.6. The van der Waals surface area contributed by atoms with E-state index in [-0.39, 0.29) is 17.0 Å². The van der Waals surface area contributed by atoms with Crippen molar-refractivity contribution in [3.63, 3.8) is 0 Å². The highest BCUT2D eigenvalue weighted by molar-refractivity contribution is 8.02. The molecule has 0 aliphatic carbocycles. The van der Waals surface area contributed by atoms with Crippen molar-refractivity contribution in [3.8, 4) is 0 Å². The summed E-state index contributed by atoms with van der Waals surface area (Å²) in [4.78, 5) is 16.0. The molecule has 0 aliphatic heterocycles. The van der Waals surface area contributed by atoms with E-state index in [1.165, 1.54) is 35.2 Å². The van der Waals surface area contributed by atoms with Crippen molar-refractivity contribution in [1.82, 2.24) is 10.3 Å². The molecule has 0 saturated carbocycles. The molecule has 0 fully saturated rings. The lowest BCUT2D eigenvalue weighted by Crippen LogP contribution is -2.32. The first kappa shape index (κ1) is 15.0. The summed E-state index contributed by atoms with van der Waals surface area (Å²) in [5.74, 6) is -0.251. The number of hydrogen-bond donors (Lipinski definition) is 1. The van der Waals surface area contributed by atoms with Gasteiger partial charge in [-0.3, -0.25) is 4.79 Å². The fraction of sp³-hybridized carbons (Fsp3) is 0.286. The van der Waals surface area contributed by atoms with E-state index in [1.54, 1.807) is 18.3 Å². The second-order valence-corrected chi connectivity index (χ2v) is 6.71. The highest BCUT2D eigenvalue weighted by atomic mass is 32.2. The van der Waals surface area contributed by atoms with Crippen LogP contribution in [0, 0.1) is 5.82 Å². The van der Waals surface area contributed by atoms with Crippen molar-refractivity contribution in [2.45, 2.75) is 22.9 Å². The van der Waals surface area contributed by atoms with E-state index in [4.69, 9.17) is 0 Å². The molecule has 1 unspecified atom stereocenters. The van der Waals surface area contributed by atoms with Gasteiger partial charge in [-0.05, 0) is 31.0 Å². The molecule has 0 aliphatic rings. The van der Waals surface area contributed by atoms with Gasteiger partial charge in [-0.15, -0.1) is 11.3 Å². The number of carbonyl (C=O) groups is 1. The third-order valence-electron chi connectivity index (χ3n) is 2.68. The fourth-order valence-electron chi connectivity index (χ4n) is 1.60. The number of thioether (sulfide) groups is 1. The molecule has 1 amide bonds. The number of aromatic nitrogens is 1. The number of thiazole rings is 1. The lowest BCUT2D eigenvalue weighted by molar-refractivity contribution is -0.120. The van der Waals surface area contributed by atoms with Crippen molar-refractivity contribution in [3.05, 3.63) is 47.2 Å². The average Bonchev–Trinajstić information content (AvgIpc) is 2.93. The van der Waals surface area contributed by atoms with Gasteiger partial charge in [0.15, 0.2) is 4.34 Å². The van der Waals surface area contributed by atoms with Gasteiger partial charge in [0, 0.05) is 18.1 Å². The Balaban J connectivity index is 1.73. The number of carbonyl (C=O) groups excluding carboxylic acids is 1. The summed E-state index contributed by atoms with van der Waals surface area (Å²) in [6.45, 7) is 2.41. The summed E-state index contributed by atoms with van der Waals surface area (Å²) in [6, 6.07) is 6.32. The van der Waals surface area contributed by atoms with Crippen molar-refractivity contribution >= 4 is 29.0 Å². The molecule has 1 atom stereocenters. The molecule has 2 rings (SSSR count). The second kappa shape index (κ2) is 7.40. The minimum absolute atomic E-state index is 0.00712. The monoisotopic (exact) mass is 310 g/mol. The van der Waals surface area contributed by atoms with Crippen LogP contribution in [0.5, 0.6) is 0 Å². The molecule has 1 aromatic heterocycles. The van der Waals surface area contributed by atoms with Crippen LogP contribution in [0.25, 0.3) is 0 Å². The van der Waals surface area contributed by atoms with Crippen LogP contribution in [-0.4, -0.2) is 22.7 Å². The molecule has 2 aromatic rings. The number of nitrogens with zero attached hydrogens (tertiary/aromatic N) is 1. The highest BCUT2D eigenvalue weighted by Gasteiger charge is 2.14. The van der Waals surface area contributed by atoms with Crippen LogP contribution in [0.2, 0.25) is 0 Å². The number of benzene rings is 1. The Bertz CT molecular complexity index is 543. The van der Waals surface area contributed by atoms with Gasteiger partial charge in [-0.1, -0.05) is 23.9 Å². The molecule has 0 radical (unpaired) electrons. The molecular weight excluding hydrogens is 295 g/mol. The third-order valence-corrected chi connectivity index (χ3v) is 4.70. The smallest absolute Gasteiger partial charge is 0.233 e. The second-order valence-electron chi connectivity index (χ2n) is 4.23. The van der Waals surface area contributed by atoms with Gasteiger partial charge >= 0.3 is 0 Å². The van der Waals surface area contributed by atoms with Gasteiger partial charge in [0.25, 0.3) is 0 Å². The van der Waals surface area contributed by atoms with Crippen LogP contribution < -0.4 is 5.32 Å². The van der Waals surface area contributed by atoms with E-state index in [1.807, 2.05) is 12.3 Å². The van der Waals surface area contributed by atoms with E-state index >= 15 is 0 Å². The lowest BCUT2D eigenvalue weighted by atomic mass is 10.1. The number of hydrogen-bond acceptors (Lipinski definition) is 4. The number of halogens is 1. The molecule has 0 bridgehead atoms. The Morgan fingerprint density at radius 2 is 2.20 bits per heavy atom. The van der Waals surface area contributed by atoms with Crippen LogP contribution in [0.1, 0.15) is 12.5 Å². The first-order chi connectivity index (χ1) is 9.65. The van der Waals surface area contributed by atoms with Crippen LogP contribution in [0.3, 0.4) is 0 Å². The Morgan fingerprint density at radius 3 is 2.85 bits per heavy atom. The Morgan fingerprint density at radius 1 is 1.45 bits per heavy atom. The molecule has 20 heavy (non-hydrogen) atoms. The van der Waals surface area contributed by atoms with Crippen LogP contribution in [-0.2, 0) is 11.2 Å². The Kier molecular flexibility index (Phi) is 5.55. The maximum atomic E-state index is 12.7. The molecule has 3 nitrogen and oxygen atoms in total. The molecule has 1 heterocycles. The number of nitrogens with one attached hydrogen (secondary N) is 1. The molecule has 1 aromatic carbocycles. The minimum atomic E-state index is -0.244. The van der Waals surface area contributed by atoms with Crippen molar-refractivity contribution in [2.75, 3.05) is 6.54 Å². The molecule has 0 spiro atoms. The van der Waals surface area contributed by atoms with Gasteiger partial charge in [0.2, 0.25) is 5.91 Å². The number of rotatable bonds is 6. The summed E-state index contributed by atoms with van der Waals surface area (Å²) in [5.41, 5.74) is 1.01. The maximum absolute atomic E-state index is 12.7. The van der Waals surface area contributed by atoms with Gasteiger partial charge in [0.1, 0.15) is 5.82 Å². The van der Waals surface area contributed by atoms with Gasteiger partial charge in [-0.25, -0.2) is 9.37 Å². The van der Waals surface area contributed by atoms with E-state index in [0.29, 0.717) is 13.0 Å². The van der Waals surface area contributed by atoms with Crippen molar-refractivity contribution in [2.24, 2.45) is 0 Å². The first-order valence-corrected chi connectivity index (χ1v) is 7.99. The fourth-order valence-corrected chi connectivity index (χ4v) is 3.39. The van der Waals surface area contributed by atoms with E-state index in [2.05, 4.69) is 10.3 Å². The molecule has 6 heteroatoms. The van der Waals surface area contributed by atoms with Crippen molar-refractivity contribution < 1.29 is 9.18 Å². The minimum Gasteiger partial charge on any atom is -0.355 e. The summed E-state index contributed by atoms with van der Waals surface area (Å²) in [7, 11) is 0. The SMILES string of the molecule is CC(Sc1nccs1)C(=O)NCCc1ccc(F)cc1. The summed E-state index contributed by atoms with van der Waals surface area (Å²) in [5, 5.41) is 4.60.